The summed E-state index contributed by atoms with van der Waals surface area (Å²) >= 11 is 0. The lowest BCUT2D eigenvalue weighted by Crippen LogP contribution is -2.04. The molecule has 0 spiro atoms. The van der Waals surface area contributed by atoms with Gasteiger partial charge in [-0.1, -0.05) is 54.6 Å². The van der Waals surface area contributed by atoms with E-state index in [4.69, 9.17) is 4.74 Å². The number of rotatable bonds is 10. The summed E-state index contributed by atoms with van der Waals surface area (Å²) in [6.45, 7) is -2.35. The summed E-state index contributed by atoms with van der Waals surface area (Å²) in [6, 6.07) is 21.5. The van der Waals surface area contributed by atoms with Crippen molar-refractivity contribution >= 4 is 10.8 Å². The molecule has 182 valence electrons. The zero-order valence-electron chi connectivity index (χ0n) is 19.4. The Morgan fingerprint density at radius 3 is 2.20 bits per heavy atom. The van der Waals surface area contributed by atoms with Crippen LogP contribution in [0.1, 0.15) is 23.1 Å². The van der Waals surface area contributed by atoms with E-state index in [9.17, 15) is 13.2 Å². The first-order valence-electron chi connectivity index (χ1n) is 11.5. The highest BCUT2D eigenvalue weighted by Crippen LogP contribution is 2.29. The molecule has 4 rings (SSSR count). The molecule has 0 aromatic heterocycles. The Morgan fingerprint density at radius 1 is 0.743 bits per heavy atom. The number of hydrogen-bond donors (Lipinski definition) is 0. The zero-order valence-corrected chi connectivity index (χ0v) is 19.4. The van der Waals surface area contributed by atoms with Crippen molar-refractivity contribution in [3.05, 3.63) is 101 Å². The van der Waals surface area contributed by atoms with E-state index in [-0.39, 0.29) is 5.82 Å². The van der Waals surface area contributed by atoms with Gasteiger partial charge >= 0.3 is 6.61 Å². The van der Waals surface area contributed by atoms with Crippen molar-refractivity contribution in [1.29, 1.82) is 0 Å². The van der Waals surface area contributed by atoms with Crippen LogP contribution in [0.4, 0.5) is 17.6 Å². The van der Waals surface area contributed by atoms with Crippen LogP contribution in [0.15, 0.2) is 72.8 Å². The van der Waals surface area contributed by atoms with Crippen molar-refractivity contribution < 1.29 is 27.0 Å². The molecule has 0 N–H and O–H groups in total. The van der Waals surface area contributed by atoms with Gasteiger partial charge in [0.1, 0.15) is 5.82 Å². The molecule has 0 fully saturated rings. The standard InChI is InChI=1S/C29H26F4O2/c1-34-16-2-3-19-4-8-21(9-5-19)23-13-14-25-24(18-23)12-11-22(28(25)31)10-6-20-7-15-27(26(30)17-20)35-29(32)33/h4-5,7-9,11-15,17-18,29H,2-3,6,10,16H2,1H3. The summed E-state index contributed by atoms with van der Waals surface area (Å²) in [6.07, 6.45) is 2.65. The Balaban J connectivity index is 1.47. The number of aryl methyl sites for hydroxylation is 3. The Hall–Kier alpha value is -3.38. The first-order valence-corrected chi connectivity index (χ1v) is 11.5. The largest absolute Gasteiger partial charge is 0.432 e. The van der Waals surface area contributed by atoms with E-state index in [0.29, 0.717) is 29.4 Å². The van der Waals surface area contributed by atoms with Gasteiger partial charge < -0.3 is 9.47 Å². The quantitative estimate of drug-likeness (QED) is 0.170. The minimum Gasteiger partial charge on any atom is -0.432 e. The molecule has 6 heteroatoms. The highest BCUT2D eigenvalue weighted by molar-refractivity contribution is 5.88. The summed E-state index contributed by atoms with van der Waals surface area (Å²) < 4.78 is 63.0. The van der Waals surface area contributed by atoms with E-state index in [1.807, 2.05) is 18.2 Å². The van der Waals surface area contributed by atoms with Gasteiger partial charge in [-0.25, -0.2) is 8.78 Å². The van der Waals surface area contributed by atoms with Crippen molar-refractivity contribution in [2.45, 2.75) is 32.3 Å². The second kappa shape index (κ2) is 11.4. The maximum atomic E-state index is 15.2. The zero-order chi connectivity index (χ0) is 24.8. The topological polar surface area (TPSA) is 18.5 Å². The van der Waals surface area contributed by atoms with Gasteiger partial charge in [-0.3, -0.25) is 0 Å². The van der Waals surface area contributed by atoms with Crippen LogP contribution in [-0.4, -0.2) is 20.3 Å². The third kappa shape index (κ3) is 6.20. The number of fused-ring (bicyclic) bond motifs is 1. The molecule has 35 heavy (non-hydrogen) atoms. The van der Waals surface area contributed by atoms with Gasteiger partial charge in [-0.15, -0.1) is 0 Å². The predicted molar refractivity (Wildman–Crippen MR) is 130 cm³/mol. The van der Waals surface area contributed by atoms with Gasteiger partial charge in [0.15, 0.2) is 11.6 Å². The molecule has 0 amide bonds. The second-order valence-electron chi connectivity index (χ2n) is 8.41. The van der Waals surface area contributed by atoms with E-state index >= 15 is 4.39 Å². The number of alkyl halides is 2. The van der Waals surface area contributed by atoms with Gasteiger partial charge in [0.05, 0.1) is 0 Å². The maximum absolute atomic E-state index is 15.2. The highest BCUT2D eigenvalue weighted by atomic mass is 19.3. The van der Waals surface area contributed by atoms with Gasteiger partial charge in [-0.05, 0) is 77.1 Å². The first-order chi connectivity index (χ1) is 16.9. The third-order valence-electron chi connectivity index (χ3n) is 6.03. The number of hydrogen-bond acceptors (Lipinski definition) is 2. The van der Waals surface area contributed by atoms with Crippen LogP contribution in [0.2, 0.25) is 0 Å². The smallest absolute Gasteiger partial charge is 0.387 e. The van der Waals surface area contributed by atoms with E-state index in [0.717, 1.165) is 42.0 Å². The molecule has 0 saturated heterocycles. The molecular formula is C29H26F4O2. The van der Waals surface area contributed by atoms with Crippen molar-refractivity contribution in [2.75, 3.05) is 13.7 Å². The van der Waals surface area contributed by atoms with Crippen LogP contribution < -0.4 is 4.74 Å². The van der Waals surface area contributed by atoms with Crippen LogP contribution in [0.3, 0.4) is 0 Å². The van der Waals surface area contributed by atoms with Gasteiger partial charge in [-0.2, -0.15) is 8.78 Å². The monoisotopic (exact) mass is 482 g/mol. The third-order valence-corrected chi connectivity index (χ3v) is 6.03. The Labute approximate surface area is 202 Å². The molecule has 0 bridgehead atoms. The Bertz CT molecular complexity index is 1290. The molecule has 0 aliphatic heterocycles. The minimum absolute atomic E-state index is 0.305. The average molecular weight is 483 g/mol. The molecule has 0 unspecified atom stereocenters. The van der Waals surface area contributed by atoms with E-state index < -0.39 is 18.2 Å². The lowest BCUT2D eigenvalue weighted by molar-refractivity contribution is -0.0522. The summed E-state index contributed by atoms with van der Waals surface area (Å²) in [7, 11) is 1.70. The molecule has 0 aliphatic carbocycles. The van der Waals surface area contributed by atoms with Crippen LogP contribution in [0, 0.1) is 11.6 Å². The van der Waals surface area contributed by atoms with Crippen molar-refractivity contribution in [3.8, 4) is 16.9 Å². The summed E-state index contributed by atoms with van der Waals surface area (Å²) in [4.78, 5) is 0. The Kier molecular flexibility index (Phi) is 8.03. The van der Waals surface area contributed by atoms with Gasteiger partial charge in [0.25, 0.3) is 0 Å². The number of halogens is 4. The number of ether oxygens (including phenoxy) is 2. The fourth-order valence-corrected chi connectivity index (χ4v) is 4.16. The molecule has 2 nitrogen and oxygen atoms in total. The highest BCUT2D eigenvalue weighted by Gasteiger charge is 2.12. The molecule has 0 radical (unpaired) electrons. The summed E-state index contributed by atoms with van der Waals surface area (Å²) in [5, 5.41) is 1.32. The fraction of sp³-hybridized carbons (Fsp3) is 0.241. The van der Waals surface area contributed by atoms with Crippen LogP contribution >= 0.6 is 0 Å². The number of benzene rings is 4. The predicted octanol–water partition coefficient (Wildman–Crippen LogP) is 7.75. The second-order valence-corrected chi connectivity index (χ2v) is 8.41. The summed E-state index contributed by atoms with van der Waals surface area (Å²) in [5.41, 5.74) is 4.41. The van der Waals surface area contributed by atoms with Crippen LogP contribution in [-0.2, 0) is 24.0 Å². The average Bonchev–Trinajstić information content (AvgIpc) is 2.85. The molecular weight excluding hydrogens is 456 g/mol. The number of methoxy groups -OCH3 is 1. The van der Waals surface area contributed by atoms with E-state index in [2.05, 4.69) is 29.0 Å². The van der Waals surface area contributed by atoms with Crippen molar-refractivity contribution in [3.63, 3.8) is 0 Å². The Morgan fingerprint density at radius 2 is 1.49 bits per heavy atom. The van der Waals surface area contributed by atoms with E-state index in [1.165, 1.54) is 17.7 Å². The molecule has 0 atom stereocenters. The van der Waals surface area contributed by atoms with Crippen LogP contribution in [0.5, 0.6) is 5.75 Å². The van der Waals surface area contributed by atoms with Crippen molar-refractivity contribution in [1.82, 2.24) is 0 Å². The van der Waals surface area contributed by atoms with E-state index in [1.54, 1.807) is 19.2 Å². The summed E-state index contributed by atoms with van der Waals surface area (Å²) in [5.74, 6) is -1.67. The first kappa shape index (κ1) is 24.7. The van der Waals surface area contributed by atoms with Crippen molar-refractivity contribution in [2.24, 2.45) is 0 Å². The van der Waals surface area contributed by atoms with Gasteiger partial charge in [0, 0.05) is 19.1 Å². The normalized spacial score (nSPS) is 11.4. The lowest BCUT2D eigenvalue weighted by atomic mass is 9.96. The van der Waals surface area contributed by atoms with Gasteiger partial charge in [0.2, 0.25) is 0 Å². The minimum atomic E-state index is -3.09. The fourth-order valence-electron chi connectivity index (χ4n) is 4.16. The molecule has 4 aromatic rings. The van der Waals surface area contributed by atoms with Crippen LogP contribution in [0.25, 0.3) is 21.9 Å². The lowest BCUT2D eigenvalue weighted by Gasteiger charge is -2.10. The SMILES string of the molecule is COCCCc1ccc(-c2ccc3c(F)c(CCc4ccc(OC(F)F)c(F)c4)ccc3c2)cc1. The molecule has 0 saturated carbocycles. The molecule has 0 heterocycles. The molecule has 4 aromatic carbocycles. The maximum Gasteiger partial charge on any atom is 0.387 e. The molecule has 0 aliphatic rings.